The summed E-state index contributed by atoms with van der Waals surface area (Å²) in [5, 5.41) is 4.83. The van der Waals surface area contributed by atoms with E-state index in [1.54, 1.807) is 42.1 Å². The minimum absolute atomic E-state index is 0.0267. The Labute approximate surface area is 217 Å². The highest BCUT2D eigenvalue weighted by atomic mass is 79.9. The molecule has 2 aromatic carbocycles. The van der Waals surface area contributed by atoms with Crippen molar-refractivity contribution in [2.75, 3.05) is 6.61 Å². The molecule has 3 heterocycles. The predicted molar refractivity (Wildman–Crippen MR) is 145 cm³/mol. The van der Waals surface area contributed by atoms with E-state index in [9.17, 15) is 14.4 Å². The molecule has 0 bridgehead atoms. The molecule has 4 aromatic rings. The second kappa shape index (κ2) is 10.6. The van der Waals surface area contributed by atoms with Gasteiger partial charge in [0.15, 0.2) is 0 Å². The zero-order valence-electron chi connectivity index (χ0n) is 20.7. The lowest BCUT2D eigenvalue weighted by molar-refractivity contribution is 0.0879. The van der Waals surface area contributed by atoms with Crippen molar-refractivity contribution in [3.63, 3.8) is 0 Å². The number of pyridine rings is 2. The van der Waals surface area contributed by atoms with Gasteiger partial charge in [-0.2, -0.15) is 0 Å². The molecule has 0 saturated carbocycles. The predicted octanol–water partition coefficient (Wildman–Crippen LogP) is 5.54. The molecule has 36 heavy (non-hydrogen) atoms. The van der Waals surface area contributed by atoms with Gasteiger partial charge in [-0.25, -0.2) is 0 Å². The molecule has 8 heteroatoms. The molecule has 1 aliphatic heterocycles. The number of carbonyl (C=O) groups excluding carboxylic acids is 2. The molecule has 0 fully saturated rings. The number of nitrogens with one attached hydrogen (secondary N) is 1. The summed E-state index contributed by atoms with van der Waals surface area (Å²) in [6.45, 7) is 6.97. The normalized spacial score (nSPS) is 12.5. The highest BCUT2D eigenvalue weighted by Crippen LogP contribution is 2.33. The number of amides is 2. The number of halogens is 1. The van der Waals surface area contributed by atoms with Crippen molar-refractivity contribution < 1.29 is 14.3 Å². The maximum Gasteiger partial charge on any atom is 0.260 e. The Morgan fingerprint density at radius 1 is 1.03 bits per heavy atom. The maximum absolute atomic E-state index is 12.8. The third-order valence-electron chi connectivity index (χ3n) is 6.19. The summed E-state index contributed by atoms with van der Waals surface area (Å²) < 4.78 is 8.53. The minimum atomic E-state index is -0.300. The first-order valence-electron chi connectivity index (χ1n) is 11.8. The van der Waals surface area contributed by atoms with Crippen LogP contribution in [0.15, 0.2) is 57.9 Å². The van der Waals surface area contributed by atoms with Crippen LogP contribution in [0.5, 0.6) is 5.75 Å². The first-order valence-corrected chi connectivity index (χ1v) is 12.6. The Bertz CT molecular complexity index is 1510. The van der Waals surface area contributed by atoms with Crippen LogP contribution >= 0.6 is 15.9 Å². The monoisotopic (exact) mass is 549 g/mol. The second-order valence-corrected chi connectivity index (χ2v) is 10.1. The van der Waals surface area contributed by atoms with Gasteiger partial charge in [0.1, 0.15) is 5.75 Å². The topological polar surface area (TPSA) is 90.3 Å². The largest absolute Gasteiger partial charge is 0.492 e. The van der Waals surface area contributed by atoms with Crippen molar-refractivity contribution in [2.45, 2.75) is 33.6 Å². The van der Waals surface area contributed by atoms with E-state index in [2.05, 4.69) is 40.1 Å². The van der Waals surface area contributed by atoms with Crippen molar-refractivity contribution in [1.29, 1.82) is 0 Å². The van der Waals surface area contributed by atoms with Crippen molar-refractivity contribution in [2.24, 2.45) is 13.0 Å². The van der Waals surface area contributed by atoms with Crippen LogP contribution in [0.3, 0.4) is 0 Å². The summed E-state index contributed by atoms with van der Waals surface area (Å²) in [4.78, 5) is 38.9. The second-order valence-electron chi connectivity index (χ2n) is 9.20. The van der Waals surface area contributed by atoms with Gasteiger partial charge in [-0.3, -0.25) is 24.7 Å². The van der Waals surface area contributed by atoms with Gasteiger partial charge in [0.05, 0.1) is 38.8 Å². The molecule has 0 saturated heterocycles. The number of benzene rings is 2. The van der Waals surface area contributed by atoms with Gasteiger partial charge in [0.25, 0.3) is 17.4 Å². The van der Waals surface area contributed by atoms with Crippen molar-refractivity contribution in [1.82, 2.24) is 14.9 Å². The molecule has 2 aromatic heterocycles. The van der Waals surface area contributed by atoms with Gasteiger partial charge >= 0.3 is 0 Å². The first-order chi connectivity index (χ1) is 17.2. The Kier molecular flexibility index (Phi) is 7.54. The van der Waals surface area contributed by atoms with E-state index < -0.39 is 0 Å². The summed E-state index contributed by atoms with van der Waals surface area (Å²) in [5.74, 6) is 0.847. The van der Waals surface area contributed by atoms with Gasteiger partial charge in [-0.05, 0) is 71.3 Å². The van der Waals surface area contributed by atoms with E-state index in [0.717, 1.165) is 45.0 Å². The van der Waals surface area contributed by atoms with Crippen LogP contribution in [0.25, 0.3) is 21.7 Å². The minimum Gasteiger partial charge on any atom is -0.492 e. The molecular formula is C28H28BrN3O4. The molecule has 2 amide bonds. The third-order valence-corrected chi connectivity index (χ3v) is 6.81. The zero-order chi connectivity index (χ0) is 26.0. The smallest absolute Gasteiger partial charge is 0.260 e. The van der Waals surface area contributed by atoms with Crippen LogP contribution in [-0.4, -0.2) is 28.0 Å². The van der Waals surface area contributed by atoms with E-state index in [1.807, 2.05) is 25.1 Å². The molecule has 1 N–H and O–H groups in total. The molecule has 0 radical (unpaired) electrons. The Morgan fingerprint density at radius 3 is 2.33 bits per heavy atom. The number of hydrogen-bond acceptors (Lipinski definition) is 5. The third kappa shape index (κ3) is 5.04. The summed E-state index contributed by atoms with van der Waals surface area (Å²) in [7, 11) is 1.80. The molecule has 0 unspecified atom stereocenters. The number of carbonyl (C=O) groups is 2. The van der Waals surface area contributed by atoms with Crippen LogP contribution in [0.4, 0.5) is 0 Å². The standard InChI is InChI=1S/C20H23BrN2O2.C8H5NO2/c1-12(2)6-5-9-25-18-11-17-15(10-16(18)21)14-7-8-22-13(3)19(14)20(24)23(17)4;10-7-5-3-1-2-4-6(5)8(11)9-7/h7-8,10-12H,5-6,9H2,1-4H3;1-4H,(H,9,10,11). The summed E-state index contributed by atoms with van der Waals surface area (Å²) >= 11 is 3.62. The zero-order valence-corrected chi connectivity index (χ0v) is 22.3. The number of aryl methyl sites for hydroxylation is 2. The van der Waals surface area contributed by atoms with Crippen molar-refractivity contribution >= 4 is 49.4 Å². The summed E-state index contributed by atoms with van der Waals surface area (Å²) in [6.07, 6.45) is 3.91. The Balaban J connectivity index is 0.000000229. The highest BCUT2D eigenvalue weighted by Gasteiger charge is 2.25. The van der Waals surface area contributed by atoms with Crippen molar-refractivity contribution in [3.05, 3.63) is 80.3 Å². The van der Waals surface area contributed by atoms with Gasteiger partial charge in [0, 0.05) is 24.7 Å². The van der Waals surface area contributed by atoms with E-state index in [1.165, 1.54) is 0 Å². The van der Waals surface area contributed by atoms with Gasteiger partial charge in [-0.1, -0.05) is 26.0 Å². The maximum atomic E-state index is 12.8. The van der Waals surface area contributed by atoms with Crippen LogP contribution < -0.4 is 15.6 Å². The van der Waals surface area contributed by atoms with E-state index >= 15 is 0 Å². The molecule has 0 spiro atoms. The number of hydrogen-bond donors (Lipinski definition) is 1. The lowest BCUT2D eigenvalue weighted by Gasteiger charge is -2.14. The van der Waals surface area contributed by atoms with E-state index in [4.69, 9.17) is 4.74 Å². The quantitative estimate of drug-likeness (QED) is 0.200. The number of fused-ring (bicyclic) bond motifs is 4. The lowest BCUT2D eigenvalue weighted by Crippen LogP contribution is -2.19. The Hall–Kier alpha value is -3.52. The van der Waals surface area contributed by atoms with Gasteiger partial charge in [0.2, 0.25) is 0 Å². The molecule has 1 aliphatic rings. The van der Waals surface area contributed by atoms with Gasteiger partial charge in [-0.15, -0.1) is 0 Å². The highest BCUT2D eigenvalue weighted by molar-refractivity contribution is 9.10. The average Bonchev–Trinajstić information content (AvgIpc) is 3.14. The van der Waals surface area contributed by atoms with Gasteiger partial charge < -0.3 is 9.30 Å². The Morgan fingerprint density at radius 2 is 1.69 bits per heavy atom. The number of rotatable bonds is 5. The summed E-state index contributed by atoms with van der Waals surface area (Å²) in [5.41, 5.74) is 2.53. The van der Waals surface area contributed by atoms with Crippen molar-refractivity contribution in [3.8, 4) is 5.75 Å². The van der Waals surface area contributed by atoms with E-state index in [0.29, 0.717) is 29.0 Å². The average molecular weight is 550 g/mol. The number of nitrogens with zero attached hydrogens (tertiary/aromatic N) is 2. The molecule has 0 atom stereocenters. The number of imide groups is 1. The molecule has 5 rings (SSSR count). The lowest BCUT2D eigenvalue weighted by atomic mass is 10.1. The molecular weight excluding hydrogens is 522 g/mol. The van der Waals surface area contributed by atoms with Crippen LogP contribution in [-0.2, 0) is 7.05 Å². The van der Waals surface area contributed by atoms with E-state index in [-0.39, 0.29) is 17.4 Å². The summed E-state index contributed by atoms with van der Waals surface area (Å²) in [6, 6.07) is 12.6. The fraction of sp³-hybridized carbons (Fsp3) is 0.286. The molecule has 7 nitrogen and oxygen atoms in total. The molecule has 186 valence electrons. The van der Waals surface area contributed by atoms with Crippen LogP contribution in [0.2, 0.25) is 0 Å². The van der Waals surface area contributed by atoms with Crippen LogP contribution in [0, 0.1) is 12.8 Å². The van der Waals surface area contributed by atoms with Crippen LogP contribution in [0.1, 0.15) is 53.1 Å². The number of aromatic nitrogens is 2. The SMILES string of the molecule is Cc1nccc2c1c(=O)n(C)c1cc(OCCCC(C)C)c(Br)cc21.O=C1NC(=O)c2ccccc21. The fourth-order valence-electron chi connectivity index (χ4n) is 4.28. The first kappa shape index (κ1) is 25.6. The number of ether oxygens (including phenoxy) is 1. The molecule has 0 aliphatic carbocycles. The fourth-order valence-corrected chi connectivity index (χ4v) is 4.73.